The summed E-state index contributed by atoms with van der Waals surface area (Å²) in [6, 6.07) is 18.0. The fourth-order valence-corrected chi connectivity index (χ4v) is 7.20. The van der Waals surface area contributed by atoms with Crippen LogP contribution < -0.4 is 4.90 Å². The minimum atomic E-state index is -4.17. The van der Waals surface area contributed by atoms with Crippen molar-refractivity contribution in [1.82, 2.24) is 14.2 Å². The highest BCUT2D eigenvalue weighted by atomic mass is 35.5. The number of nitrogens with zero attached hydrogens (tertiary/aromatic N) is 4. The molecule has 2 aliphatic heterocycles. The topological polar surface area (TPSA) is 94.1 Å². The fourth-order valence-electron chi connectivity index (χ4n) is 5.25. The van der Waals surface area contributed by atoms with Crippen LogP contribution in [0.3, 0.4) is 0 Å². The van der Waals surface area contributed by atoms with Gasteiger partial charge in [0.2, 0.25) is 5.78 Å². The molecule has 0 atom stereocenters. The summed E-state index contributed by atoms with van der Waals surface area (Å²) in [6.07, 6.45) is 0.482. The number of aliphatic hydroxyl groups is 1. The van der Waals surface area contributed by atoms with Gasteiger partial charge in [0.05, 0.1) is 5.56 Å². The first-order valence-corrected chi connectivity index (χ1v) is 14.8. The molecule has 1 N–H and O–H groups in total. The van der Waals surface area contributed by atoms with E-state index in [9.17, 15) is 18.3 Å². The number of hydrogen-bond acceptors (Lipinski definition) is 7. The first kappa shape index (κ1) is 27.2. The quantitative estimate of drug-likeness (QED) is 0.342. The van der Waals surface area contributed by atoms with Gasteiger partial charge >= 0.3 is 0 Å². The van der Waals surface area contributed by atoms with E-state index in [1.165, 1.54) is 0 Å². The first-order valence-electron chi connectivity index (χ1n) is 12.9. The number of carbonyl (C=O) groups excluding carboxylic acids is 1. The van der Waals surface area contributed by atoms with Crippen molar-refractivity contribution in [2.24, 2.45) is 0 Å². The van der Waals surface area contributed by atoms with Crippen LogP contribution in [0.5, 0.6) is 0 Å². The van der Waals surface area contributed by atoms with Gasteiger partial charge in [-0.1, -0.05) is 48.0 Å². The molecule has 0 radical (unpaired) electrons. The number of ketones is 1. The van der Waals surface area contributed by atoms with Crippen LogP contribution in [0.2, 0.25) is 5.02 Å². The van der Waals surface area contributed by atoms with Crippen LogP contribution in [0.4, 0.5) is 5.69 Å². The molecular formula is C29H31ClN4O4S. The Morgan fingerprint density at radius 3 is 2.38 bits per heavy atom. The highest BCUT2D eigenvalue weighted by molar-refractivity contribution is 7.89. The third-order valence-electron chi connectivity index (χ3n) is 7.19. The highest BCUT2D eigenvalue weighted by Crippen LogP contribution is 2.36. The van der Waals surface area contributed by atoms with Crippen molar-refractivity contribution in [2.75, 3.05) is 44.2 Å². The first-order chi connectivity index (χ1) is 18.7. The van der Waals surface area contributed by atoms with Gasteiger partial charge in [0, 0.05) is 61.2 Å². The van der Waals surface area contributed by atoms with Gasteiger partial charge in [-0.25, -0.2) is 4.98 Å². The molecule has 0 unspecified atom stereocenters. The number of piperazine rings is 1. The number of aryl methyl sites for hydroxylation is 2. The molecule has 2 aliphatic rings. The lowest BCUT2D eigenvalue weighted by Gasteiger charge is -2.37. The van der Waals surface area contributed by atoms with Gasteiger partial charge in [-0.05, 0) is 50.1 Å². The van der Waals surface area contributed by atoms with Gasteiger partial charge in [-0.2, -0.15) is 8.42 Å². The summed E-state index contributed by atoms with van der Waals surface area (Å²) in [6.45, 7) is 7.38. The molecule has 1 saturated heterocycles. The molecular weight excluding hydrogens is 536 g/mol. The van der Waals surface area contributed by atoms with E-state index in [1.807, 2.05) is 24.3 Å². The summed E-state index contributed by atoms with van der Waals surface area (Å²) in [5.41, 5.74) is 2.28. The minimum Gasteiger partial charge on any atom is -0.505 e. The summed E-state index contributed by atoms with van der Waals surface area (Å²) < 4.78 is 28.7. The Bertz CT molecular complexity index is 1530. The van der Waals surface area contributed by atoms with Gasteiger partial charge in [0.15, 0.2) is 10.8 Å². The number of rotatable bonds is 6. The molecule has 3 heterocycles. The number of aromatic nitrogens is 1. The number of anilines is 1. The van der Waals surface area contributed by atoms with Crippen molar-refractivity contribution in [1.29, 1.82) is 0 Å². The van der Waals surface area contributed by atoms with Crippen LogP contribution in [0.25, 0.3) is 5.76 Å². The fraction of sp³-hybridized carbons (Fsp3) is 0.310. The summed E-state index contributed by atoms with van der Waals surface area (Å²) in [5, 5.41) is 11.7. The van der Waals surface area contributed by atoms with Crippen molar-refractivity contribution in [3.63, 3.8) is 0 Å². The molecule has 1 fully saturated rings. The molecule has 0 aliphatic carbocycles. The number of halogens is 1. The maximum Gasteiger partial charge on any atom is 0.282 e. The predicted octanol–water partition coefficient (Wildman–Crippen LogP) is 4.68. The Kier molecular flexibility index (Phi) is 7.66. The molecule has 39 heavy (non-hydrogen) atoms. The number of pyridine rings is 1. The molecule has 0 amide bonds. The Labute approximate surface area is 234 Å². The molecule has 0 bridgehead atoms. The number of sulfonamides is 1. The number of benzene rings is 2. The number of aliphatic hydroxyl groups excluding tert-OH is 1. The normalized spacial score (nSPS) is 18.7. The molecule has 5 rings (SSSR count). The smallest absolute Gasteiger partial charge is 0.282 e. The molecule has 8 nitrogen and oxygen atoms in total. The molecule has 0 saturated carbocycles. The van der Waals surface area contributed by atoms with Gasteiger partial charge in [0.1, 0.15) is 5.70 Å². The van der Waals surface area contributed by atoms with Crippen molar-refractivity contribution < 1.29 is 18.3 Å². The lowest BCUT2D eigenvalue weighted by atomic mass is 10.0. The molecule has 3 aromatic rings. The molecule has 2 aromatic carbocycles. The maximum atomic E-state index is 13.8. The van der Waals surface area contributed by atoms with Gasteiger partial charge in [0.25, 0.3) is 10.0 Å². The van der Waals surface area contributed by atoms with Crippen LogP contribution in [-0.4, -0.2) is 72.8 Å². The summed E-state index contributed by atoms with van der Waals surface area (Å²) >= 11 is 6.15. The molecule has 10 heteroatoms. The second kappa shape index (κ2) is 11.0. The van der Waals surface area contributed by atoms with Crippen LogP contribution in [0.15, 0.2) is 71.4 Å². The van der Waals surface area contributed by atoms with E-state index in [1.54, 1.807) is 50.2 Å². The summed E-state index contributed by atoms with van der Waals surface area (Å²) in [5.74, 6) is -0.897. The van der Waals surface area contributed by atoms with Crippen molar-refractivity contribution in [2.45, 2.75) is 25.3 Å². The summed E-state index contributed by atoms with van der Waals surface area (Å²) in [7, 11) is -4.17. The van der Waals surface area contributed by atoms with Crippen molar-refractivity contribution >= 4 is 38.9 Å². The monoisotopic (exact) mass is 566 g/mol. The zero-order chi connectivity index (χ0) is 27.7. The van der Waals surface area contributed by atoms with E-state index < -0.39 is 15.8 Å². The van der Waals surface area contributed by atoms with E-state index in [-0.39, 0.29) is 28.6 Å². The Balaban J connectivity index is 1.38. The van der Waals surface area contributed by atoms with Crippen molar-refractivity contribution in [3.8, 4) is 0 Å². The Morgan fingerprint density at radius 2 is 1.69 bits per heavy atom. The van der Waals surface area contributed by atoms with Crippen LogP contribution in [-0.2, 0) is 10.0 Å². The number of carbonyl (C=O) groups is 1. The largest absolute Gasteiger partial charge is 0.505 e. The SMILES string of the molecule is Cc1cc(C)c2c(n1)S(=O)(=O)N(CCCN1CCN(c3cccc(Cl)c3)CC1)/C(=C(\O)c1ccccc1)C2=O. The van der Waals surface area contributed by atoms with E-state index in [0.29, 0.717) is 34.8 Å². The zero-order valence-electron chi connectivity index (χ0n) is 22.0. The van der Waals surface area contributed by atoms with Crippen molar-refractivity contribution in [3.05, 3.63) is 93.8 Å². The summed E-state index contributed by atoms with van der Waals surface area (Å²) in [4.78, 5) is 22.5. The van der Waals surface area contributed by atoms with Crippen LogP contribution in [0, 0.1) is 13.8 Å². The zero-order valence-corrected chi connectivity index (χ0v) is 23.5. The third kappa shape index (κ3) is 5.39. The van der Waals surface area contributed by atoms with E-state index in [0.717, 1.165) is 36.2 Å². The number of Topliss-reactive ketones (excluding diaryl/α,β-unsaturated/α-hetero) is 1. The Hall–Kier alpha value is -3.40. The minimum absolute atomic E-state index is 0.0199. The predicted molar refractivity (Wildman–Crippen MR) is 153 cm³/mol. The lowest BCUT2D eigenvalue weighted by Crippen LogP contribution is -2.47. The molecule has 204 valence electrons. The molecule has 0 spiro atoms. The number of fused-ring (bicyclic) bond motifs is 1. The highest BCUT2D eigenvalue weighted by Gasteiger charge is 2.43. The Morgan fingerprint density at radius 1 is 0.974 bits per heavy atom. The van der Waals surface area contributed by atoms with Crippen LogP contribution in [0.1, 0.15) is 33.6 Å². The number of hydrogen-bond donors (Lipinski definition) is 1. The average Bonchev–Trinajstić information content (AvgIpc) is 2.92. The van der Waals surface area contributed by atoms with Gasteiger partial charge in [-0.15, -0.1) is 0 Å². The maximum absolute atomic E-state index is 13.8. The number of allylic oxidation sites excluding steroid dienone is 1. The standard InChI is InChI=1S/C29H31ClN4O4S/c1-20-18-21(2)31-29-25(20)28(36)26(27(35)22-8-4-3-5-9-22)34(39(29,37)38)13-7-12-32-14-16-33(17-15-32)24-11-6-10-23(30)19-24/h3-6,8-11,18-19,35H,7,12-17H2,1-2H3/b27-26-. The second-order valence-electron chi connectivity index (χ2n) is 9.89. The average molecular weight is 567 g/mol. The van der Waals surface area contributed by atoms with Gasteiger partial charge < -0.3 is 10.0 Å². The van der Waals surface area contributed by atoms with E-state index in [4.69, 9.17) is 11.6 Å². The van der Waals surface area contributed by atoms with E-state index >= 15 is 0 Å². The van der Waals surface area contributed by atoms with Crippen LogP contribution >= 0.6 is 11.6 Å². The van der Waals surface area contributed by atoms with Gasteiger partial charge in [-0.3, -0.25) is 14.0 Å². The lowest BCUT2D eigenvalue weighted by molar-refractivity contribution is 0.0995. The molecule has 1 aromatic heterocycles. The second-order valence-corrected chi connectivity index (χ2v) is 12.1. The van der Waals surface area contributed by atoms with E-state index in [2.05, 4.69) is 14.8 Å². The third-order valence-corrected chi connectivity index (χ3v) is 9.15.